The van der Waals surface area contributed by atoms with Crippen LogP contribution >= 0.6 is 12.4 Å². The van der Waals surface area contributed by atoms with Gasteiger partial charge in [0, 0.05) is 25.1 Å². The van der Waals surface area contributed by atoms with E-state index >= 15 is 0 Å². The van der Waals surface area contributed by atoms with Crippen molar-refractivity contribution in [3.8, 4) is 0 Å². The average Bonchev–Trinajstić information content (AvgIpc) is 2.79. The van der Waals surface area contributed by atoms with E-state index in [1.807, 2.05) is 0 Å². The van der Waals surface area contributed by atoms with Gasteiger partial charge in [-0.2, -0.15) is 0 Å². The first-order chi connectivity index (χ1) is 11.9. The number of anilines is 1. The van der Waals surface area contributed by atoms with Crippen LogP contribution in [-0.2, 0) is 14.4 Å². The normalized spacial score (nSPS) is 19.0. The van der Waals surface area contributed by atoms with Crippen molar-refractivity contribution in [1.82, 2.24) is 10.2 Å². The summed E-state index contributed by atoms with van der Waals surface area (Å²) in [4.78, 5) is 60.8. The summed E-state index contributed by atoms with van der Waals surface area (Å²) < 4.78 is 0. The van der Waals surface area contributed by atoms with Gasteiger partial charge in [-0.05, 0) is 24.6 Å². The van der Waals surface area contributed by atoms with E-state index in [0.717, 1.165) is 4.90 Å². The van der Waals surface area contributed by atoms with Crippen molar-refractivity contribution in [2.75, 3.05) is 11.9 Å². The lowest BCUT2D eigenvalue weighted by Crippen LogP contribution is -2.54. The van der Waals surface area contributed by atoms with E-state index in [1.165, 1.54) is 18.2 Å². The second-order valence-corrected chi connectivity index (χ2v) is 5.79. The number of nitrogens with two attached hydrogens (primary N) is 1. The Bertz CT molecular complexity index is 810. The molecule has 2 aliphatic heterocycles. The van der Waals surface area contributed by atoms with Crippen LogP contribution in [0.2, 0.25) is 0 Å². The van der Waals surface area contributed by atoms with Crippen LogP contribution < -0.4 is 16.4 Å². The molecular formula is C16H17ClN4O5. The molecule has 1 fully saturated rings. The first kappa shape index (κ1) is 19.5. The van der Waals surface area contributed by atoms with Gasteiger partial charge in [-0.1, -0.05) is 0 Å². The highest BCUT2D eigenvalue weighted by molar-refractivity contribution is 6.23. The topological polar surface area (TPSA) is 139 Å². The van der Waals surface area contributed by atoms with Crippen LogP contribution in [0.3, 0.4) is 0 Å². The molecule has 3 rings (SSSR count). The third kappa shape index (κ3) is 3.44. The molecule has 0 spiro atoms. The van der Waals surface area contributed by atoms with Gasteiger partial charge >= 0.3 is 0 Å². The summed E-state index contributed by atoms with van der Waals surface area (Å²) in [5, 5.41) is 4.72. The molecule has 2 aliphatic rings. The predicted octanol–water partition coefficient (Wildman–Crippen LogP) is -0.203. The summed E-state index contributed by atoms with van der Waals surface area (Å²) in [7, 11) is 0. The number of hydrogen-bond acceptors (Lipinski definition) is 6. The molecule has 1 atom stereocenters. The first-order valence-electron chi connectivity index (χ1n) is 7.78. The number of rotatable bonds is 4. The number of hydrogen-bond donors (Lipinski definition) is 3. The number of carbonyl (C=O) groups excluding carboxylic acids is 5. The molecule has 9 nitrogen and oxygen atoms in total. The standard InChI is InChI=1S/C16H16N4O5.ClH/c17-6-5-13(22)18-8-1-2-9-10(7-8)16(25)20(15(9)24)11-3-4-12(21)19-14(11)23;/h1-2,7,11H,3-6,17H2,(H,18,22)(H,19,21,23);1H. The number of fused-ring (bicyclic) bond motifs is 1. The number of carbonyl (C=O) groups is 5. The second kappa shape index (κ2) is 7.63. The fraction of sp³-hybridized carbons (Fsp3) is 0.312. The zero-order chi connectivity index (χ0) is 18.1. The number of imide groups is 2. The minimum atomic E-state index is -1.01. The minimum Gasteiger partial charge on any atom is -0.330 e. The smallest absolute Gasteiger partial charge is 0.262 e. The summed E-state index contributed by atoms with van der Waals surface area (Å²) in [6, 6.07) is 3.32. The zero-order valence-corrected chi connectivity index (χ0v) is 14.4. The molecule has 2 heterocycles. The maximum Gasteiger partial charge on any atom is 0.262 e. The number of nitrogens with one attached hydrogen (secondary N) is 2. The summed E-state index contributed by atoms with van der Waals surface area (Å²) in [5.74, 6) is -2.61. The van der Waals surface area contributed by atoms with E-state index in [0.29, 0.717) is 5.69 Å². The van der Waals surface area contributed by atoms with Crippen molar-refractivity contribution in [2.24, 2.45) is 5.73 Å². The number of amides is 5. The van der Waals surface area contributed by atoms with Gasteiger partial charge in [0.2, 0.25) is 17.7 Å². The number of piperidine rings is 1. The third-order valence-corrected chi connectivity index (χ3v) is 4.09. The molecule has 138 valence electrons. The molecule has 0 bridgehead atoms. The highest BCUT2D eigenvalue weighted by atomic mass is 35.5. The van der Waals surface area contributed by atoms with Gasteiger partial charge in [0.15, 0.2) is 0 Å². The van der Waals surface area contributed by atoms with Gasteiger partial charge in [0.1, 0.15) is 6.04 Å². The molecule has 1 unspecified atom stereocenters. The summed E-state index contributed by atoms with van der Waals surface area (Å²) in [6.45, 7) is 0.192. The highest BCUT2D eigenvalue weighted by Gasteiger charge is 2.44. The molecule has 1 aromatic rings. The molecule has 5 amide bonds. The molecule has 0 aromatic heterocycles. The summed E-state index contributed by atoms with van der Waals surface area (Å²) >= 11 is 0. The molecule has 10 heteroatoms. The van der Waals surface area contributed by atoms with Crippen LogP contribution in [0.5, 0.6) is 0 Å². The van der Waals surface area contributed by atoms with Gasteiger partial charge in [0.25, 0.3) is 11.8 Å². The fourth-order valence-electron chi connectivity index (χ4n) is 2.90. The van der Waals surface area contributed by atoms with Crippen LogP contribution in [0.25, 0.3) is 0 Å². The van der Waals surface area contributed by atoms with Crippen molar-refractivity contribution >= 4 is 47.6 Å². The number of benzene rings is 1. The van der Waals surface area contributed by atoms with E-state index in [4.69, 9.17) is 5.73 Å². The number of nitrogens with zero attached hydrogens (tertiary/aromatic N) is 1. The maximum absolute atomic E-state index is 12.6. The Balaban J connectivity index is 0.00000243. The Morgan fingerprint density at radius 3 is 2.54 bits per heavy atom. The Morgan fingerprint density at radius 1 is 1.19 bits per heavy atom. The van der Waals surface area contributed by atoms with Crippen LogP contribution in [-0.4, -0.2) is 47.0 Å². The molecule has 1 aromatic carbocycles. The lowest BCUT2D eigenvalue weighted by molar-refractivity contribution is -0.136. The first-order valence-corrected chi connectivity index (χ1v) is 7.78. The van der Waals surface area contributed by atoms with Gasteiger partial charge in [0.05, 0.1) is 11.1 Å². The summed E-state index contributed by atoms with van der Waals surface area (Å²) in [5.41, 5.74) is 5.94. The van der Waals surface area contributed by atoms with Crippen molar-refractivity contribution in [3.63, 3.8) is 0 Å². The van der Waals surface area contributed by atoms with Crippen molar-refractivity contribution in [2.45, 2.75) is 25.3 Å². The van der Waals surface area contributed by atoms with Gasteiger partial charge in [-0.15, -0.1) is 12.4 Å². The monoisotopic (exact) mass is 380 g/mol. The Labute approximate surface area is 154 Å². The number of halogens is 1. The Hall–Kier alpha value is -2.78. The highest BCUT2D eigenvalue weighted by Crippen LogP contribution is 2.29. The SMILES string of the molecule is Cl.NCCC(=O)Nc1ccc2c(c1)C(=O)N(C1CCC(=O)NC1=O)C2=O. The lowest BCUT2D eigenvalue weighted by atomic mass is 10.0. The lowest BCUT2D eigenvalue weighted by Gasteiger charge is -2.27. The molecular weight excluding hydrogens is 364 g/mol. The van der Waals surface area contributed by atoms with E-state index < -0.39 is 29.7 Å². The van der Waals surface area contributed by atoms with Crippen molar-refractivity contribution < 1.29 is 24.0 Å². The second-order valence-electron chi connectivity index (χ2n) is 5.79. The fourth-order valence-corrected chi connectivity index (χ4v) is 2.90. The molecule has 1 saturated heterocycles. The van der Waals surface area contributed by atoms with E-state index in [1.54, 1.807) is 0 Å². The van der Waals surface area contributed by atoms with Gasteiger partial charge in [-0.25, -0.2) is 0 Å². The van der Waals surface area contributed by atoms with E-state index in [-0.39, 0.29) is 55.2 Å². The third-order valence-electron chi connectivity index (χ3n) is 4.09. The summed E-state index contributed by atoms with van der Waals surface area (Å²) in [6.07, 6.45) is 0.285. The largest absolute Gasteiger partial charge is 0.330 e. The van der Waals surface area contributed by atoms with E-state index in [9.17, 15) is 24.0 Å². The molecule has 0 aliphatic carbocycles. The minimum absolute atomic E-state index is 0. The van der Waals surface area contributed by atoms with E-state index in [2.05, 4.69) is 10.6 Å². The quantitative estimate of drug-likeness (QED) is 0.618. The Kier molecular flexibility index (Phi) is 5.73. The van der Waals surface area contributed by atoms with Crippen LogP contribution in [0.4, 0.5) is 5.69 Å². The van der Waals surface area contributed by atoms with Gasteiger partial charge < -0.3 is 11.1 Å². The maximum atomic E-state index is 12.6. The van der Waals surface area contributed by atoms with Crippen LogP contribution in [0, 0.1) is 0 Å². The molecule has 26 heavy (non-hydrogen) atoms. The van der Waals surface area contributed by atoms with Crippen molar-refractivity contribution in [3.05, 3.63) is 29.3 Å². The molecule has 4 N–H and O–H groups in total. The average molecular weight is 381 g/mol. The van der Waals surface area contributed by atoms with Crippen LogP contribution in [0.1, 0.15) is 40.0 Å². The Morgan fingerprint density at radius 2 is 1.88 bits per heavy atom. The zero-order valence-electron chi connectivity index (χ0n) is 13.6. The van der Waals surface area contributed by atoms with Crippen LogP contribution in [0.15, 0.2) is 18.2 Å². The molecule has 0 saturated carbocycles. The predicted molar refractivity (Wildman–Crippen MR) is 92.7 cm³/mol. The van der Waals surface area contributed by atoms with Crippen molar-refractivity contribution in [1.29, 1.82) is 0 Å². The van der Waals surface area contributed by atoms with Gasteiger partial charge in [-0.3, -0.25) is 34.2 Å². The molecule has 0 radical (unpaired) electrons.